The van der Waals surface area contributed by atoms with E-state index in [-0.39, 0.29) is 17.8 Å². The largest absolute Gasteiger partial charge is 0.459 e. The van der Waals surface area contributed by atoms with Gasteiger partial charge in [-0.05, 0) is 36.4 Å². The van der Waals surface area contributed by atoms with Gasteiger partial charge in [-0.3, -0.25) is 4.79 Å². The maximum absolute atomic E-state index is 13.1. The summed E-state index contributed by atoms with van der Waals surface area (Å²) in [5, 5.41) is 0. The van der Waals surface area contributed by atoms with Gasteiger partial charge in [0.25, 0.3) is 5.91 Å². The van der Waals surface area contributed by atoms with Crippen LogP contribution in [-0.4, -0.2) is 79.0 Å². The first-order chi connectivity index (χ1) is 13.6. The van der Waals surface area contributed by atoms with Crippen LogP contribution in [0.5, 0.6) is 0 Å². The quantitative estimate of drug-likeness (QED) is 0.793. The zero-order valence-electron chi connectivity index (χ0n) is 15.6. The van der Waals surface area contributed by atoms with Gasteiger partial charge in [-0.2, -0.15) is 0 Å². The van der Waals surface area contributed by atoms with Crippen LogP contribution in [0.2, 0.25) is 0 Å². The number of furan rings is 1. The molecule has 2 saturated heterocycles. The molecule has 0 spiro atoms. The molecule has 28 heavy (non-hydrogen) atoms. The number of anilines is 1. The highest BCUT2D eigenvalue weighted by molar-refractivity contribution is 5.91. The number of piperazine rings is 2. The molecule has 2 aliphatic heterocycles. The Kier molecular flexibility index (Phi) is 5.18. The minimum Gasteiger partial charge on any atom is -0.459 e. The van der Waals surface area contributed by atoms with Crippen LogP contribution >= 0.6 is 0 Å². The van der Waals surface area contributed by atoms with Crippen molar-refractivity contribution in [1.82, 2.24) is 14.7 Å². The molecule has 8 heteroatoms. The molecule has 1 aromatic carbocycles. The lowest BCUT2D eigenvalue weighted by molar-refractivity contribution is 0.0608. The molecule has 3 amide bonds. The third kappa shape index (κ3) is 3.81. The van der Waals surface area contributed by atoms with E-state index in [1.54, 1.807) is 34.1 Å². The van der Waals surface area contributed by atoms with Crippen molar-refractivity contribution in [3.05, 3.63) is 54.2 Å². The average molecular weight is 386 g/mol. The van der Waals surface area contributed by atoms with Crippen LogP contribution in [0, 0.1) is 5.82 Å². The van der Waals surface area contributed by atoms with Crippen molar-refractivity contribution < 1.29 is 18.4 Å². The molecule has 3 heterocycles. The van der Waals surface area contributed by atoms with E-state index in [9.17, 15) is 14.0 Å². The van der Waals surface area contributed by atoms with E-state index in [4.69, 9.17) is 4.42 Å². The summed E-state index contributed by atoms with van der Waals surface area (Å²) in [5.74, 6) is -0.0519. The highest BCUT2D eigenvalue weighted by Crippen LogP contribution is 2.18. The Morgan fingerprint density at radius 1 is 0.786 bits per heavy atom. The van der Waals surface area contributed by atoms with Crippen molar-refractivity contribution in [2.45, 2.75) is 0 Å². The van der Waals surface area contributed by atoms with Crippen LogP contribution in [-0.2, 0) is 0 Å². The Balaban J connectivity index is 1.27. The fourth-order valence-electron chi connectivity index (χ4n) is 3.66. The van der Waals surface area contributed by atoms with Crippen LogP contribution in [0.15, 0.2) is 47.1 Å². The number of hydrogen-bond donors (Lipinski definition) is 0. The molecule has 148 valence electrons. The predicted octanol–water partition coefficient (Wildman–Crippen LogP) is 2.12. The lowest BCUT2D eigenvalue weighted by atomic mass is 10.2. The van der Waals surface area contributed by atoms with Crippen molar-refractivity contribution in [2.24, 2.45) is 0 Å². The lowest BCUT2D eigenvalue weighted by Crippen LogP contribution is -2.57. The summed E-state index contributed by atoms with van der Waals surface area (Å²) in [7, 11) is 0. The van der Waals surface area contributed by atoms with E-state index in [1.807, 2.05) is 4.90 Å². The van der Waals surface area contributed by atoms with Crippen molar-refractivity contribution in [2.75, 3.05) is 57.3 Å². The second-order valence-corrected chi connectivity index (χ2v) is 6.99. The number of halogens is 1. The Morgan fingerprint density at radius 2 is 1.36 bits per heavy atom. The molecule has 2 fully saturated rings. The summed E-state index contributed by atoms with van der Waals surface area (Å²) >= 11 is 0. The highest BCUT2D eigenvalue weighted by atomic mass is 19.1. The number of carbonyl (C=O) groups excluding carboxylic acids is 2. The van der Waals surface area contributed by atoms with Crippen molar-refractivity contribution in [3.8, 4) is 0 Å². The van der Waals surface area contributed by atoms with E-state index in [1.165, 1.54) is 18.4 Å². The molecule has 0 unspecified atom stereocenters. The highest BCUT2D eigenvalue weighted by Gasteiger charge is 2.30. The van der Waals surface area contributed by atoms with Crippen LogP contribution in [0.3, 0.4) is 0 Å². The average Bonchev–Trinajstić information content (AvgIpc) is 3.28. The Morgan fingerprint density at radius 3 is 1.93 bits per heavy atom. The second kappa shape index (κ2) is 7.92. The Bertz CT molecular complexity index is 808. The smallest absolute Gasteiger partial charge is 0.320 e. The second-order valence-electron chi connectivity index (χ2n) is 6.99. The van der Waals surface area contributed by atoms with Crippen molar-refractivity contribution in [1.29, 1.82) is 0 Å². The minimum absolute atomic E-state index is 0.0175. The maximum Gasteiger partial charge on any atom is 0.320 e. The maximum atomic E-state index is 13.1. The van der Waals surface area contributed by atoms with Crippen LogP contribution in [0.1, 0.15) is 10.6 Å². The number of urea groups is 1. The van der Waals surface area contributed by atoms with Gasteiger partial charge in [-0.1, -0.05) is 0 Å². The first-order valence-corrected chi connectivity index (χ1v) is 9.49. The van der Waals surface area contributed by atoms with Gasteiger partial charge < -0.3 is 24.0 Å². The molecule has 0 aliphatic carbocycles. The zero-order valence-corrected chi connectivity index (χ0v) is 15.6. The number of carbonyl (C=O) groups is 2. The summed E-state index contributed by atoms with van der Waals surface area (Å²) < 4.78 is 18.2. The predicted molar refractivity (Wildman–Crippen MR) is 102 cm³/mol. The molecule has 2 aromatic rings. The standard InChI is InChI=1S/C20H23FN4O3/c21-16-3-5-17(6-4-16)22-7-11-24(12-8-22)20(27)25-13-9-23(10-14-25)19(26)18-2-1-15-28-18/h1-6,15H,7-14H2. The molecule has 0 bridgehead atoms. The summed E-state index contributed by atoms with van der Waals surface area (Å²) in [4.78, 5) is 32.7. The normalized spacial score (nSPS) is 17.8. The van der Waals surface area contributed by atoms with Gasteiger partial charge in [0.05, 0.1) is 6.26 Å². The van der Waals surface area contributed by atoms with E-state index in [2.05, 4.69) is 4.90 Å². The van der Waals surface area contributed by atoms with Gasteiger partial charge in [0.2, 0.25) is 0 Å². The van der Waals surface area contributed by atoms with E-state index < -0.39 is 0 Å². The van der Waals surface area contributed by atoms with Gasteiger partial charge in [0, 0.05) is 58.0 Å². The molecule has 0 radical (unpaired) electrons. The topological polar surface area (TPSA) is 60.2 Å². The molecule has 7 nitrogen and oxygen atoms in total. The third-order valence-electron chi connectivity index (χ3n) is 5.31. The third-order valence-corrected chi connectivity index (χ3v) is 5.31. The first kappa shape index (κ1) is 18.3. The van der Waals surface area contributed by atoms with Crippen LogP contribution in [0.25, 0.3) is 0 Å². The molecule has 0 atom stereocenters. The van der Waals surface area contributed by atoms with E-state index >= 15 is 0 Å². The molecular weight excluding hydrogens is 363 g/mol. The summed E-state index contributed by atoms with van der Waals surface area (Å²) in [6, 6.07) is 9.81. The van der Waals surface area contributed by atoms with Gasteiger partial charge >= 0.3 is 6.03 Å². The molecule has 4 rings (SSSR count). The number of amides is 3. The summed E-state index contributed by atoms with van der Waals surface area (Å²) in [6.07, 6.45) is 1.48. The number of hydrogen-bond acceptors (Lipinski definition) is 4. The molecule has 0 N–H and O–H groups in total. The van der Waals surface area contributed by atoms with E-state index in [0.29, 0.717) is 58.1 Å². The number of nitrogens with zero attached hydrogens (tertiary/aromatic N) is 4. The Hall–Kier alpha value is -3.03. The van der Waals surface area contributed by atoms with Crippen LogP contribution in [0.4, 0.5) is 14.9 Å². The van der Waals surface area contributed by atoms with E-state index in [0.717, 1.165) is 5.69 Å². The summed E-state index contributed by atoms with van der Waals surface area (Å²) in [6.45, 7) is 4.72. The number of rotatable bonds is 2. The van der Waals surface area contributed by atoms with Gasteiger partial charge in [-0.15, -0.1) is 0 Å². The van der Waals surface area contributed by atoms with Gasteiger partial charge in [0.1, 0.15) is 5.82 Å². The van der Waals surface area contributed by atoms with Crippen molar-refractivity contribution >= 4 is 17.6 Å². The fraction of sp³-hybridized carbons (Fsp3) is 0.400. The lowest BCUT2D eigenvalue weighted by Gasteiger charge is -2.41. The monoisotopic (exact) mass is 386 g/mol. The van der Waals surface area contributed by atoms with Gasteiger partial charge in [0.15, 0.2) is 5.76 Å². The minimum atomic E-state index is -0.248. The first-order valence-electron chi connectivity index (χ1n) is 9.49. The molecule has 0 saturated carbocycles. The SMILES string of the molecule is O=C(c1ccco1)N1CCN(C(=O)N2CCN(c3ccc(F)cc3)CC2)CC1. The zero-order chi connectivity index (χ0) is 19.5. The van der Waals surface area contributed by atoms with Crippen molar-refractivity contribution in [3.63, 3.8) is 0 Å². The molecular formula is C20H23FN4O3. The molecule has 2 aliphatic rings. The van der Waals surface area contributed by atoms with Crippen LogP contribution < -0.4 is 4.90 Å². The fourth-order valence-corrected chi connectivity index (χ4v) is 3.66. The Labute approximate surface area is 162 Å². The van der Waals surface area contributed by atoms with Gasteiger partial charge in [-0.25, -0.2) is 9.18 Å². The number of benzene rings is 1. The molecule has 1 aromatic heterocycles. The summed E-state index contributed by atoms with van der Waals surface area (Å²) in [5.41, 5.74) is 0.971.